The topological polar surface area (TPSA) is 217 Å². The quantitative estimate of drug-likeness (QED) is 0.102. The molecule has 15 nitrogen and oxygen atoms in total. The molecule has 0 spiro atoms. The number of esters is 1. The molecule has 264 valence electrons. The van der Waals surface area contributed by atoms with Crippen molar-refractivity contribution in [3.8, 4) is 22.9 Å². The maximum absolute atomic E-state index is 15.2. The normalized spacial score (nSPS) is 12.3. The number of carbonyl (C=O) groups is 2. The predicted molar refractivity (Wildman–Crippen MR) is 181 cm³/mol. The first-order chi connectivity index (χ1) is 23.6. The molecule has 2 aromatic heterocycles. The smallest absolute Gasteiger partial charge is 0.466 e. The van der Waals surface area contributed by atoms with Crippen LogP contribution in [0.3, 0.4) is 0 Å². The molecule has 2 heterocycles. The number of anilines is 1. The summed E-state index contributed by atoms with van der Waals surface area (Å²) in [4.78, 5) is 65.1. The number of ether oxygens (including phenoxy) is 3. The predicted octanol–water partition coefficient (Wildman–Crippen LogP) is 4.04. The van der Waals surface area contributed by atoms with E-state index < -0.39 is 43.2 Å². The van der Waals surface area contributed by atoms with Crippen LogP contribution in [0.15, 0.2) is 83.8 Å². The van der Waals surface area contributed by atoms with Gasteiger partial charge in [-0.1, -0.05) is 18.2 Å². The average molecular weight is 712 g/mol. The average Bonchev–Trinajstić information content (AvgIpc) is 3.29. The van der Waals surface area contributed by atoms with Gasteiger partial charge in [-0.15, -0.1) is 0 Å². The molecule has 5 rings (SSSR count). The summed E-state index contributed by atoms with van der Waals surface area (Å²) >= 11 is 0. The van der Waals surface area contributed by atoms with Gasteiger partial charge in [0.15, 0.2) is 11.6 Å². The molecule has 5 aromatic rings. The van der Waals surface area contributed by atoms with Crippen molar-refractivity contribution in [2.75, 3.05) is 12.4 Å². The van der Waals surface area contributed by atoms with Crippen molar-refractivity contribution in [1.29, 1.82) is 0 Å². The number of methoxy groups -OCH3 is 1. The Balaban J connectivity index is 0.00000105. The van der Waals surface area contributed by atoms with Crippen molar-refractivity contribution in [2.24, 2.45) is 5.73 Å². The molecule has 3 aromatic carbocycles. The minimum Gasteiger partial charge on any atom is -0.497 e. The maximum Gasteiger partial charge on any atom is 0.466 e. The van der Waals surface area contributed by atoms with E-state index in [1.165, 1.54) is 23.7 Å². The highest BCUT2D eigenvalue weighted by Crippen LogP contribution is 2.33. The first kappa shape index (κ1) is 37.4. The van der Waals surface area contributed by atoms with E-state index in [4.69, 9.17) is 39.2 Å². The van der Waals surface area contributed by atoms with Crippen LogP contribution in [-0.2, 0) is 20.6 Å². The Kier molecular flexibility index (Phi) is 11.9. The van der Waals surface area contributed by atoms with E-state index in [1.54, 1.807) is 86.4 Å². The summed E-state index contributed by atoms with van der Waals surface area (Å²) in [6.07, 6.45) is 0.880. The molecule has 17 heteroatoms. The molecule has 2 atom stereocenters. The van der Waals surface area contributed by atoms with Gasteiger partial charge in [-0.3, -0.25) is 24.0 Å². The molecule has 0 fully saturated rings. The second kappa shape index (κ2) is 15.9. The Morgan fingerprint density at radius 2 is 1.70 bits per heavy atom. The largest absolute Gasteiger partial charge is 0.497 e. The number of benzene rings is 3. The Labute approximate surface area is 284 Å². The molecule has 0 radical (unpaired) electrons. The Morgan fingerprint density at radius 3 is 2.32 bits per heavy atom. The van der Waals surface area contributed by atoms with Crippen LogP contribution >= 0.6 is 7.82 Å². The minimum absolute atomic E-state index is 0.0683. The molecule has 0 saturated carbocycles. The van der Waals surface area contributed by atoms with Crippen molar-refractivity contribution < 1.29 is 47.4 Å². The fourth-order valence-corrected chi connectivity index (χ4v) is 4.83. The highest BCUT2D eigenvalue weighted by Gasteiger charge is 2.26. The van der Waals surface area contributed by atoms with Crippen LogP contribution in [0.5, 0.6) is 17.2 Å². The summed E-state index contributed by atoms with van der Waals surface area (Å²) in [6, 6.07) is 18.8. The SMILES string of the molecule is COc1ccc2c(Oc3ccc(NC(=O)c4c(C)n(C[C@@H](C)OC(=O)[C@H](C)N)n(-c5ccccc5)c4=O)cc3F)ccnc2c1.O=P(O)(O)O. The number of pyridine rings is 1. The summed E-state index contributed by atoms with van der Waals surface area (Å²) in [5.41, 5.74) is 6.45. The van der Waals surface area contributed by atoms with Crippen molar-refractivity contribution in [3.05, 3.63) is 106 Å². The Morgan fingerprint density at radius 1 is 1.02 bits per heavy atom. The number of para-hydroxylation sites is 1. The van der Waals surface area contributed by atoms with E-state index in [0.717, 1.165) is 6.07 Å². The summed E-state index contributed by atoms with van der Waals surface area (Å²) in [5.74, 6) is -1.11. The lowest BCUT2D eigenvalue weighted by molar-refractivity contribution is -0.150. The van der Waals surface area contributed by atoms with E-state index in [0.29, 0.717) is 33.8 Å². The number of rotatable bonds is 10. The van der Waals surface area contributed by atoms with Gasteiger partial charge in [0.1, 0.15) is 29.2 Å². The Bertz CT molecular complexity index is 2110. The molecule has 0 aliphatic heterocycles. The number of nitrogens with two attached hydrogens (primary N) is 1. The monoisotopic (exact) mass is 711 g/mol. The van der Waals surface area contributed by atoms with E-state index in [1.807, 2.05) is 0 Å². The first-order valence-electron chi connectivity index (χ1n) is 14.9. The molecule has 0 aliphatic carbocycles. The standard InChI is InChI=1S/C33H32FN5O6.H3O4P/c1-19(44-33(42)20(2)35)18-38-21(3)30(32(41)39(38)23-8-6-5-7-9-23)31(40)37-22-10-13-29(26(34)16-22)45-28-14-15-36-27-17-24(43-4)11-12-25(27)28;1-5(2,3)4/h5-17,19-20H,18,35H2,1-4H3,(H,37,40);(H3,1,2,3,4)/t19-,20+;/m1./s1. The van der Waals surface area contributed by atoms with E-state index in [-0.39, 0.29) is 23.5 Å². The zero-order chi connectivity index (χ0) is 36.7. The maximum atomic E-state index is 15.2. The lowest BCUT2D eigenvalue weighted by Gasteiger charge is -2.19. The van der Waals surface area contributed by atoms with Gasteiger partial charge in [0.25, 0.3) is 11.5 Å². The van der Waals surface area contributed by atoms with Crippen LogP contribution in [0.2, 0.25) is 0 Å². The number of phosphoric acid groups is 1. The minimum atomic E-state index is -4.64. The molecule has 0 aliphatic rings. The lowest BCUT2D eigenvalue weighted by atomic mass is 10.2. The van der Waals surface area contributed by atoms with Gasteiger partial charge in [-0.2, -0.15) is 0 Å². The van der Waals surface area contributed by atoms with Gasteiger partial charge in [-0.25, -0.2) is 13.6 Å². The van der Waals surface area contributed by atoms with Gasteiger partial charge in [0, 0.05) is 29.4 Å². The van der Waals surface area contributed by atoms with Gasteiger partial charge >= 0.3 is 13.8 Å². The summed E-state index contributed by atoms with van der Waals surface area (Å²) < 4.78 is 43.5. The fraction of sp³-hybridized carbons (Fsp3) is 0.212. The third-order valence-electron chi connectivity index (χ3n) is 7.06. The first-order valence-corrected chi connectivity index (χ1v) is 16.5. The zero-order valence-electron chi connectivity index (χ0n) is 27.3. The third kappa shape index (κ3) is 9.40. The van der Waals surface area contributed by atoms with Crippen LogP contribution in [0.1, 0.15) is 29.9 Å². The number of amides is 1. The number of carbonyl (C=O) groups excluding carboxylic acids is 2. The van der Waals surface area contributed by atoms with Crippen molar-refractivity contribution in [2.45, 2.75) is 39.5 Å². The zero-order valence-corrected chi connectivity index (χ0v) is 28.2. The Hall–Kier alpha value is -5.38. The van der Waals surface area contributed by atoms with Gasteiger partial charge in [0.05, 0.1) is 30.6 Å². The van der Waals surface area contributed by atoms with Crippen molar-refractivity contribution >= 4 is 36.3 Å². The molecular formula is C33H35FN5O10P. The number of fused-ring (bicyclic) bond motifs is 1. The summed E-state index contributed by atoms with van der Waals surface area (Å²) in [6.45, 7) is 4.86. The third-order valence-corrected chi connectivity index (χ3v) is 7.06. The van der Waals surface area contributed by atoms with Gasteiger partial charge in [-0.05, 0) is 63.2 Å². The lowest BCUT2D eigenvalue weighted by Crippen LogP contribution is -2.34. The number of hydrogen-bond donors (Lipinski definition) is 5. The molecule has 0 unspecified atom stereocenters. The van der Waals surface area contributed by atoms with Crippen molar-refractivity contribution in [1.82, 2.24) is 14.3 Å². The molecule has 1 amide bonds. The van der Waals surface area contributed by atoms with Crippen LogP contribution in [0.4, 0.5) is 10.1 Å². The van der Waals surface area contributed by atoms with Gasteiger partial charge < -0.3 is 39.9 Å². The molecule has 0 bridgehead atoms. The highest BCUT2D eigenvalue weighted by atomic mass is 31.2. The van der Waals surface area contributed by atoms with Crippen LogP contribution < -0.4 is 26.1 Å². The fourth-order valence-electron chi connectivity index (χ4n) is 4.83. The van der Waals surface area contributed by atoms with Crippen LogP contribution in [0.25, 0.3) is 16.6 Å². The second-order valence-corrected chi connectivity index (χ2v) is 12.0. The van der Waals surface area contributed by atoms with Crippen LogP contribution in [-0.4, -0.2) is 60.2 Å². The second-order valence-electron chi connectivity index (χ2n) is 10.9. The van der Waals surface area contributed by atoms with Crippen molar-refractivity contribution in [3.63, 3.8) is 0 Å². The number of halogens is 1. The van der Waals surface area contributed by atoms with E-state index in [2.05, 4.69) is 10.3 Å². The molecular weight excluding hydrogens is 676 g/mol. The van der Waals surface area contributed by atoms with E-state index in [9.17, 15) is 14.4 Å². The molecule has 0 saturated heterocycles. The number of aromatic nitrogens is 3. The number of hydrogen-bond acceptors (Lipinski definition) is 9. The summed E-state index contributed by atoms with van der Waals surface area (Å²) in [5, 5.41) is 3.28. The summed E-state index contributed by atoms with van der Waals surface area (Å²) in [7, 11) is -3.09. The van der Waals surface area contributed by atoms with Gasteiger partial charge in [0.2, 0.25) is 0 Å². The molecule has 50 heavy (non-hydrogen) atoms. The highest BCUT2D eigenvalue weighted by molar-refractivity contribution is 7.45. The van der Waals surface area contributed by atoms with Crippen LogP contribution in [0, 0.1) is 12.7 Å². The van der Waals surface area contributed by atoms with E-state index >= 15 is 4.39 Å². The number of nitrogens with zero attached hydrogens (tertiary/aromatic N) is 3. The molecule has 6 N–H and O–H groups in total. The number of nitrogens with one attached hydrogen (secondary N) is 1.